The molecule has 5 rings (SSSR count). The van der Waals surface area contributed by atoms with E-state index in [4.69, 9.17) is 10.1 Å². The lowest BCUT2D eigenvalue weighted by atomic mass is 9.49. The molecule has 4 aliphatic carbocycles. The number of nitrogens with zero attached hydrogens (tertiary/aromatic N) is 3. The molecule has 1 aromatic heterocycles. The quantitative estimate of drug-likeness (QED) is 0.904. The van der Waals surface area contributed by atoms with Gasteiger partial charge in [0.05, 0.1) is 6.54 Å². The van der Waals surface area contributed by atoms with E-state index in [0.717, 1.165) is 35.9 Å². The summed E-state index contributed by atoms with van der Waals surface area (Å²) in [6.45, 7) is 0.815. The molecule has 4 aliphatic rings. The Morgan fingerprint density at radius 1 is 1.16 bits per heavy atom. The first-order valence-electron chi connectivity index (χ1n) is 7.73. The fraction of sp³-hybridized carbons (Fsp3) is 0.867. The van der Waals surface area contributed by atoms with E-state index < -0.39 is 0 Å². The molecule has 4 bridgehead atoms. The molecule has 0 radical (unpaired) electrons. The predicted octanol–water partition coefficient (Wildman–Crippen LogP) is 2.00. The van der Waals surface area contributed by atoms with Gasteiger partial charge in [0.25, 0.3) is 0 Å². The summed E-state index contributed by atoms with van der Waals surface area (Å²) in [7, 11) is 4.00. The first-order chi connectivity index (χ1) is 9.18. The fourth-order valence-corrected chi connectivity index (χ4v) is 5.34. The molecule has 0 atom stereocenters. The van der Waals surface area contributed by atoms with Crippen LogP contribution in [0.3, 0.4) is 0 Å². The molecule has 0 amide bonds. The van der Waals surface area contributed by atoms with Crippen molar-refractivity contribution in [2.45, 2.75) is 50.5 Å². The second-order valence-corrected chi connectivity index (χ2v) is 7.20. The molecule has 0 unspecified atom stereocenters. The third kappa shape index (κ3) is 1.76. The molecule has 1 heterocycles. The molecule has 104 valence electrons. The Bertz CT molecular complexity index is 455. The molecule has 1 aromatic rings. The summed E-state index contributed by atoms with van der Waals surface area (Å²) in [6.07, 6.45) is 8.49. The van der Waals surface area contributed by atoms with E-state index in [0.29, 0.717) is 5.41 Å². The first-order valence-corrected chi connectivity index (χ1v) is 7.73. The molecule has 0 saturated heterocycles. The Morgan fingerprint density at radius 2 is 1.74 bits per heavy atom. The molecular formula is C15H24N4. The monoisotopic (exact) mass is 260 g/mol. The zero-order chi connectivity index (χ0) is 13.0. The average Bonchev–Trinajstić information content (AvgIpc) is 2.70. The number of aryl methyl sites for hydroxylation is 1. The molecule has 1 N–H and O–H groups in total. The van der Waals surface area contributed by atoms with Crippen LogP contribution in [0.2, 0.25) is 0 Å². The highest BCUT2D eigenvalue weighted by Gasteiger charge is 2.53. The second-order valence-electron chi connectivity index (χ2n) is 7.20. The van der Waals surface area contributed by atoms with Gasteiger partial charge >= 0.3 is 0 Å². The maximum atomic E-state index is 4.88. The summed E-state index contributed by atoms with van der Waals surface area (Å²) in [6, 6.07) is 0. The molecule has 4 nitrogen and oxygen atoms in total. The van der Waals surface area contributed by atoms with Crippen molar-refractivity contribution in [2.75, 3.05) is 7.05 Å². The van der Waals surface area contributed by atoms with Crippen LogP contribution in [0.15, 0.2) is 0 Å². The molecular weight excluding hydrogens is 236 g/mol. The molecule has 19 heavy (non-hydrogen) atoms. The lowest BCUT2D eigenvalue weighted by Crippen LogP contribution is -2.49. The van der Waals surface area contributed by atoms with Gasteiger partial charge in [-0.3, -0.25) is 4.68 Å². The van der Waals surface area contributed by atoms with Crippen LogP contribution < -0.4 is 5.32 Å². The zero-order valence-electron chi connectivity index (χ0n) is 12.0. The fourth-order valence-electron chi connectivity index (χ4n) is 5.34. The van der Waals surface area contributed by atoms with Crippen LogP contribution in [0, 0.1) is 17.8 Å². The Hall–Kier alpha value is -0.900. The van der Waals surface area contributed by atoms with Crippen molar-refractivity contribution in [3.05, 3.63) is 11.6 Å². The smallest absolute Gasteiger partial charge is 0.157 e. The highest BCUT2D eigenvalue weighted by molar-refractivity contribution is 5.17. The summed E-state index contributed by atoms with van der Waals surface area (Å²) in [5.74, 6) is 5.11. The summed E-state index contributed by atoms with van der Waals surface area (Å²) in [4.78, 5) is 4.88. The van der Waals surface area contributed by atoms with Gasteiger partial charge in [0, 0.05) is 12.5 Å². The standard InChI is InChI=1S/C15H24N4/c1-16-9-13-17-14(18-19(13)2)15-6-10-3-11(7-15)5-12(4-10)8-15/h10-12,16H,3-9H2,1-2H3. The van der Waals surface area contributed by atoms with Crippen molar-refractivity contribution >= 4 is 0 Å². The Balaban J connectivity index is 1.69. The van der Waals surface area contributed by atoms with Gasteiger partial charge in [-0.05, 0) is 63.3 Å². The third-order valence-corrected chi connectivity index (χ3v) is 5.70. The van der Waals surface area contributed by atoms with Gasteiger partial charge in [-0.1, -0.05) is 0 Å². The van der Waals surface area contributed by atoms with Crippen molar-refractivity contribution in [1.29, 1.82) is 0 Å². The Kier molecular flexibility index (Phi) is 2.53. The van der Waals surface area contributed by atoms with E-state index in [1.807, 2.05) is 18.8 Å². The second kappa shape index (κ2) is 4.05. The molecule has 4 heteroatoms. The summed E-state index contributed by atoms with van der Waals surface area (Å²) >= 11 is 0. The van der Waals surface area contributed by atoms with Gasteiger partial charge in [-0.2, -0.15) is 5.10 Å². The Morgan fingerprint density at radius 3 is 2.26 bits per heavy atom. The highest BCUT2D eigenvalue weighted by Crippen LogP contribution is 2.60. The molecule has 4 fully saturated rings. The van der Waals surface area contributed by atoms with Gasteiger partial charge in [0.1, 0.15) is 5.82 Å². The van der Waals surface area contributed by atoms with E-state index in [1.54, 1.807) is 0 Å². The van der Waals surface area contributed by atoms with Gasteiger partial charge < -0.3 is 5.32 Å². The van der Waals surface area contributed by atoms with E-state index in [1.165, 1.54) is 38.5 Å². The maximum absolute atomic E-state index is 4.88. The van der Waals surface area contributed by atoms with Crippen LogP contribution in [0.4, 0.5) is 0 Å². The van der Waals surface area contributed by atoms with Gasteiger partial charge in [0.15, 0.2) is 5.82 Å². The van der Waals surface area contributed by atoms with Gasteiger partial charge in [-0.25, -0.2) is 4.98 Å². The van der Waals surface area contributed by atoms with Crippen LogP contribution in [0.25, 0.3) is 0 Å². The largest absolute Gasteiger partial charge is 0.313 e. The maximum Gasteiger partial charge on any atom is 0.157 e. The topological polar surface area (TPSA) is 42.7 Å². The SMILES string of the molecule is CNCc1nc(C23CC4CC(CC(C4)C2)C3)nn1C. The van der Waals surface area contributed by atoms with Crippen molar-refractivity contribution in [2.24, 2.45) is 24.8 Å². The number of hydrogen-bond acceptors (Lipinski definition) is 3. The van der Waals surface area contributed by atoms with Crippen LogP contribution in [0.1, 0.15) is 50.2 Å². The number of nitrogens with one attached hydrogen (secondary N) is 1. The van der Waals surface area contributed by atoms with Crippen molar-refractivity contribution in [1.82, 2.24) is 20.1 Å². The first kappa shape index (κ1) is 11.9. The molecule has 0 spiro atoms. The lowest BCUT2D eigenvalue weighted by Gasteiger charge is -2.55. The van der Waals surface area contributed by atoms with Crippen molar-refractivity contribution in [3.8, 4) is 0 Å². The number of rotatable bonds is 3. The summed E-state index contributed by atoms with van der Waals surface area (Å²) in [5, 5.41) is 7.97. The highest BCUT2D eigenvalue weighted by atomic mass is 15.3. The lowest BCUT2D eigenvalue weighted by molar-refractivity contribution is -0.00942. The van der Waals surface area contributed by atoms with Gasteiger partial charge in [-0.15, -0.1) is 0 Å². The summed E-state index contributed by atoms with van der Waals surface area (Å²) in [5.41, 5.74) is 0.332. The minimum Gasteiger partial charge on any atom is -0.313 e. The van der Waals surface area contributed by atoms with Crippen LogP contribution in [-0.2, 0) is 19.0 Å². The van der Waals surface area contributed by atoms with E-state index in [-0.39, 0.29) is 0 Å². The third-order valence-electron chi connectivity index (χ3n) is 5.70. The van der Waals surface area contributed by atoms with Crippen LogP contribution in [-0.4, -0.2) is 21.8 Å². The van der Waals surface area contributed by atoms with E-state index in [2.05, 4.69) is 5.32 Å². The number of hydrogen-bond donors (Lipinski definition) is 1. The minimum absolute atomic E-state index is 0.332. The normalized spacial score (nSPS) is 40.0. The number of aromatic nitrogens is 3. The van der Waals surface area contributed by atoms with Crippen LogP contribution in [0.5, 0.6) is 0 Å². The minimum atomic E-state index is 0.332. The molecule has 0 aromatic carbocycles. The van der Waals surface area contributed by atoms with Crippen molar-refractivity contribution < 1.29 is 0 Å². The Labute approximate surface area is 115 Å². The molecule has 0 aliphatic heterocycles. The van der Waals surface area contributed by atoms with Crippen molar-refractivity contribution in [3.63, 3.8) is 0 Å². The summed E-state index contributed by atoms with van der Waals surface area (Å²) < 4.78 is 1.98. The van der Waals surface area contributed by atoms with Gasteiger partial charge in [0.2, 0.25) is 0 Å². The predicted molar refractivity (Wildman–Crippen MR) is 73.6 cm³/mol. The zero-order valence-corrected chi connectivity index (χ0v) is 12.0. The molecule has 4 saturated carbocycles. The van der Waals surface area contributed by atoms with E-state index >= 15 is 0 Å². The average molecular weight is 260 g/mol. The van der Waals surface area contributed by atoms with E-state index in [9.17, 15) is 0 Å². The van der Waals surface area contributed by atoms with Crippen LogP contribution >= 0.6 is 0 Å².